The zero-order valence-electron chi connectivity index (χ0n) is 17.8. The number of para-hydroxylation sites is 1. The number of anilines is 1. The van der Waals surface area contributed by atoms with Crippen LogP contribution in [-0.4, -0.2) is 48.9 Å². The van der Waals surface area contributed by atoms with Gasteiger partial charge < -0.3 is 15.5 Å². The van der Waals surface area contributed by atoms with Crippen molar-refractivity contribution in [3.63, 3.8) is 0 Å². The van der Waals surface area contributed by atoms with Crippen molar-refractivity contribution < 1.29 is 14.4 Å². The van der Waals surface area contributed by atoms with Crippen LogP contribution >= 0.6 is 0 Å². The number of nitrogens with zero attached hydrogens (tertiary/aromatic N) is 2. The summed E-state index contributed by atoms with van der Waals surface area (Å²) in [5.74, 6) is -0.659. The molecular formula is C24H28N4O3. The van der Waals surface area contributed by atoms with Gasteiger partial charge in [0, 0.05) is 25.3 Å². The lowest BCUT2D eigenvalue weighted by Crippen LogP contribution is -2.44. The van der Waals surface area contributed by atoms with E-state index in [1.807, 2.05) is 42.5 Å². The normalized spacial score (nSPS) is 19.5. The standard InChI is InChI=1S/C24H28N4O3/c1-2-27(19-10-4-3-5-11-19)16-8-15-25-21(29)17-28-22(30)24(26-23(28)31)14-13-18-9-6-7-12-20(18)24/h3-7,9-12H,2,8,13-17H2,1H3,(H,25,29)(H,26,31). The maximum absolute atomic E-state index is 13.1. The molecule has 0 saturated carbocycles. The van der Waals surface area contributed by atoms with Crippen molar-refractivity contribution in [2.45, 2.75) is 31.7 Å². The van der Waals surface area contributed by atoms with E-state index in [4.69, 9.17) is 0 Å². The Labute approximate surface area is 182 Å². The number of hydrogen-bond donors (Lipinski definition) is 2. The zero-order valence-corrected chi connectivity index (χ0v) is 17.8. The highest BCUT2D eigenvalue weighted by atomic mass is 16.2. The minimum atomic E-state index is -1.02. The Morgan fingerprint density at radius 3 is 2.65 bits per heavy atom. The Morgan fingerprint density at radius 1 is 1.13 bits per heavy atom. The van der Waals surface area contributed by atoms with E-state index in [1.165, 1.54) is 0 Å². The summed E-state index contributed by atoms with van der Waals surface area (Å²) in [6, 6.07) is 17.3. The molecule has 162 valence electrons. The lowest BCUT2D eigenvalue weighted by Gasteiger charge is -2.23. The zero-order chi connectivity index (χ0) is 21.8. The molecular weight excluding hydrogens is 392 g/mol. The van der Waals surface area contributed by atoms with Gasteiger partial charge in [-0.1, -0.05) is 42.5 Å². The van der Waals surface area contributed by atoms with E-state index in [0.717, 1.165) is 47.6 Å². The number of benzene rings is 2. The van der Waals surface area contributed by atoms with Gasteiger partial charge in [-0.2, -0.15) is 0 Å². The first-order valence-corrected chi connectivity index (χ1v) is 10.8. The molecule has 1 saturated heterocycles. The molecule has 0 radical (unpaired) electrons. The molecule has 1 unspecified atom stereocenters. The van der Waals surface area contributed by atoms with Crippen molar-refractivity contribution in [1.82, 2.24) is 15.5 Å². The number of carbonyl (C=O) groups is 3. The van der Waals surface area contributed by atoms with Gasteiger partial charge >= 0.3 is 6.03 Å². The number of amides is 4. The Balaban J connectivity index is 1.29. The number of rotatable bonds is 8. The van der Waals surface area contributed by atoms with Crippen LogP contribution in [0.2, 0.25) is 0 Å². The molecule has 2 aromatic carbocycles. The van der Waals surface area contributed by atoms with Crippen LogP contribution in [0.3, 0.4) is 0 Å². The van der Waals surface area contributed by atoms with Crippen molar-refractivity contribution >= 4 is 23.5 Å². The average molecular weight is 421 g/mol. The second kappa shape index (κ2) is 8.79. The molecule has 0 bridgehead atoms. The first-order chi connectivity index (χ1) is 15.0. The fourth-order valence-corrected chi connectivity index (χ4v) is 4.54. The molecule has 2 aliphatic rings. The molecule has 2 N–H and O–H groups in total. The van der Waals surface area contributed by atoms with Crippen molar-refractivity contribution in [3.8, 4) is 0 Å². The van der Waals surface area contributed by atoms with Crippen molar-refractivity contribution in [2.75, 3.05) is 31.1 Å². The molecule has 7 heteroatoms. The maximum atomic E-state index is 13.1. The first kappa shape index (κ1) is 20.9. The van der Waals surface area contributed by atoms with Crippen LogP contribution < -0.4 is 15.5 Å². The number of urea groups is 1. The molecule has 7 nitrogen and oxygen atoms in total. The van der Waals surface area contributed by atoms with Crippen LogP contribution in [0.4, 0.5) is 10.5 Å². The van der Waals surface area contributed by atoms with Crippen molar-refractivity contribution in [2.24, 2.45) is 0 Å². The first-order valence-electron chi connectivity index (χ1n) is 10.8. The van der Waals surface area contributed by atoms with Gasteiger partial charge in [-0.3, -0.25) is 14.5 Å². The number of fused-ring (bicyclic) bond motifs is 2. The summed E-state index contributed by atoms with van der Waals surface area (Å²) in [6.45, 7) is 4.01. The van der Waals surface area contributed by atoms with E-state index in [9.17, 15) is 14.4 Å². The second-order valence-electron chi connectivity index (χ2n) is 8.00. The topological polar surface area (TPSA) is 81.8 Å². The summed E-state index contributed by atoms with van der Waals surface area (Å²) < 4.78 is 0. The number of aryl methyl sites for hydroxylation is 1. The third kappa shape index (κ3) is 4.00. The largest absolute Gasteiger partial charge is 0.372 e. The van der Waals surface area contributed by atoms with Crippen LogP contribution in [0, 0.1) is 0 Å². The van der Waals surface area contributed by atoms with E-state index in [1.54, 1.807) is 0 Å². The van der Waals surface area contributed by atoms with E-state index < -0.39 is 11.6 Å². The van der Waals surface area contributed by atoms with E-state index in [2.05, 4.69) is 34.6 Å². The van der Waals surface area contributed by atoms with Crippen LogP contribution in [0.25, 0.3) is 0 Å². The van der Waals surface area contributed by atoms with Gasteiger partial charge in [0.25, 0.3) is 5.91 Å². The van der Waals surface area contributed by atoms with E-state index in [-0.39, 0.29) is 18.4 Å². The molecule has 1 aliphatic heterocycles. The van der Waals surface area contributed by atoms with Crippen molar-refractivity contribution in [1.29, 1.82) is 0 Å². The van der Waals surface area contributed by atoms with Crippen LogP contribution in [0.5, 0.6) is 0 Å². The van der Waals surface area contributed by atoms with Gasteiger partial charge in [0.1, 0.15) is 12.1 Å². The minimum absolute atomic E-state index is 0.259. The van der Waals surface area contributed by atoms with Crippen LogP contribution in [0.15, 0.2) is 54.6 Å². The molecule has 31 heavy (non-hydrogen) atoms. The Hall–Kier alpha value is -3.35. The SMILES string of the molecule is CCN(CCCNC(=O)CN1C(=O)NC2(CCc3ccccc32)C1=O)c1ccccc1. The lowest BCUT2D eigenvalue weighted by molar-refractivity contribution is -0.135. The molecule has 1 aliphatic carbocycles. The number of imide groups is 1. The summed E-state index contributed by atoms with van der Waals surface area (Å²) in [7, 11) is 0. The predicted octanol–water partition coefficient (Wildman–Crippen LogP) is 2.41. The highest BCUT2D eigenvalue weighted by molar-refractivity contribution is 6.09. The van der Waals surface area contributed by atoms with Crippen molar-refractivity contribution in [3.05, 3.63) is 65.7 Å². The summed E-state index contributed by atoms with van der Waals surface area (Å²) in [6.07, 6.45) is 2.03. The van der Waals surface area contributed by atoms with E-state index >= 15 is 0 Å². The summed E-state index contributed by atoms with van der Waals surface area (Å²) in [5, 5.41) is 5.69. The Bertz CT molecular complexity index is 978. The molecule has 1 spiro atoms. The van der Waals surface area contributed by atoms with Gasteiger partial charge in [-0.25, -0.2) is 4.79 Å². The van der Waals surface area contributed by atoms with Gasteiger partial charge in [-0.15, -0.1) is 0 Å². The molecule has 1 atom stereocenters. The molecule has 2 aromatic rings. The van der Waals surface area contributed by atoms with Gasteiger partial charge in [-0.05, 0) is 49.4 Å². The van der Waals surface area contributed by atoms with Crippen LogP contribution in [0.1, 0.15) is 30.9 Å². The Morgan fingerprint density at radius 2 is 1.87 bits per heavy atom. The molecule has 1 heterocycles. The third-order valence-corrected chi connectivity index (χ3v) is 6.15. The highest BCUT2D eigenvalue weighted by Crippen LogP contribution is 2.41. The van der Waals surface area contributed by atoms with E-state index in [0.29, 0.717) is 13.0 Å². The molecule has 4 rings (SSSR count). The predicted molar refractivity (Wildman–Crippen MR) is 119 cm³/mol. The quantitative estimate of drug-likeness (QED) is 0.508. The summed E-state index contributed by atoms with van der Waals surface area (Å²) in [5.41, 5.74) is 2.04. The molecule has 0 aromatic heterocycles. The Kier molecular flexibility index (Phi) is 5.93. The monoisotopic (exact) mass is 420 g/mol. The third-order valence-electron chi connectivity index (χ3n) is 6.15. The molecule has 1 fully saturated rings. The van der Waals surface area contributed by atoms with Gasteiger partial charge in [0.2, 0.25) is 5.91 Å². The smallest absolute Gasteiger partial charge is 0.325 e. The summed E-state index contributed by atoms with van der Waals surface area (Å²) in [4.78, 5) is 41.3. The fraction of sp³-hybridized carbons (Fsp3) is 0.375. The highest BCUT2D eigenvalue weighted by Gasteiger charge is 2.55. The number of hydrogen-bond acceptors (Lipinski definition) is 4. The fourth-order valence-electron chi connectivity index (χ4n) is 4.54. The van der Waals surface area contributed by atoms with Gasteiger partial charge in [0.15, 0.2) is 0 Å². The number of carbonyl (C=O) groups excluding carboxylic acids is 3. The lowest BCUT2D eigenvalue weighted by atomic mass is 9.92. The minimum Gasteiger partial charge on any atom is -0.372 e. The maximum Gasteiger partial charge on any atom is 0.325 e. The average Bonchev–Trinajstić information content (AvgIpc) is 3.27. The summed E-state index contributed by atoms with van der Waals surface area (Å²) >= 11 is 0. The van der Waals surface area contributed by atoms with Crippen LogP contribution in [-0.2, 0) is 21.5 Å². The van der Waals surface area contributed by atoms with Gasteiger partial charge in [0.05, 0.1) is 0 Å². The second-order valence-corrected chi connectivity index (χ2v) is 8.00. The molecule has 4 amide bonds. The number of nitrogens with one attached hydrogen (secondary N) is 2.